The minimum Gasteiger partial charge on any atom is -0.322 e. The first-order valence-electron chi connectivity index (χ1n) is 9.03. The third-order valence-corrected chi connectivity index (χ3v) is 6.80. The minimum atomic E-state index is -3.81. The lowest BCUT2D eigenvalue weighted by Gasteiger charge is -2.34. The topological polar surface area (TPSA) is 66.5 Å². The molecule has 1 aliphatic rings. The Morgan fingerprint density at radius 1 is 1.14 bits per heavy atom. The zero-order chi connectivity index (χ0) is 20.5. The normalized spacial score (nSPS) is 20.7. The van der Waals surface area contributed by atoms with Crippen LogP contribution in [0.25, 0.3) is 0 Å². The van der Waals surface area contributed by atoms with Crippen LogP contribution in [0.1, 0.15) is 30.6 Å². The van der Waals surface area contributed by atoms with Crippen molar-refractivity contribution < 1.29 is 17.6 Å². The third kappa shape index (κ3) is 4.54. The average molecular weight is 425 g/mol. The lowest BCUT2D eigenvalue weighted by molar-refractivity contribution is 0.102. The van der Waals surface area contributed by atoms with Crippen LogP contribution < -0.4 is 5.32 Å². The Morgan fingerprint density at radius 3 is 2.46 bits per heavy atom. The standard InChI is InChI=1S/C20H22ClFN2O3S/c1-13-8-14(2)12-24(11-13)28(26,27)17-6-7-19(22)18(10-17)20(25)23-16-5-3-4-15(21)9-16/h3-7,9-10,13-14H,8,11-12H2,1-2H3,(H,23,25)/t13-,14-/m1/s1. The number of carbonyl (C=O) groups is 1. The molecule has 1 aliphatic heterocycles. The molecular formula is C20H22ClFN2O3S. The molecule has 0 spiro atoms. The molecule has 0 aliphatic carbocycles. The quantitative estimate of drug-likeness (QED) is 0.791. The smallest absolute Gasteiger partial charge is 0.258 e. The molecule has 0 saturated carbocycles. The van der Waals surface area contributed by atoms with Gasteiger partial charge >= 0.3 is 0 Å². The van der Waals surface area contributed by atoms with E-state index in [1.807, 2.05) is 13.8 Å². The van der Waals surface area contributed by atoms with Gasteiger partial charge in [-0.3, -0.25) is 4.79 Å². The first-order chi connectivity index (χ1) is 13.2. The molecule has 0 radical (unpaired) electrons. The van der Waals surface area contributed by atoms with E-state index in [1.54, 1.807) is 18.2 Å². The van der Waals surface area contributed by atoms with Crippen LogP contribution in [0.4, 0.5) is 10.1 Å². The zero-order valence-corrected chi connectivity index (χ0v) is 17.2. The molecule has 1 fully saturated rings. The maximum Gasteiger partial charge on any atom is 0.258 e. The van der Waals surface area contributed by atoms with Crippen LogP contribution in [0.3, 0.4) is 0 Å². The summed E-state index contributed by atoms with van der Waals surface area (Å²) in [6.45, 7) is 4.83. The molecular weight excluding hydrogens is 403 g/mol. The Labute approximate surface area is 169 Å². The van der Waals surface area contributed by atoms with Gasteiger partial charge in [0.05, 0.1) is 10.5 Å². The number of hydrogen-bond donors (Lipinski definition) is 1. The molecule has 3 rings (SSSR count). The highest BCUT2D eigenvalue weighted by Gasteiger charge is 2.32. The first kappa shape index (κ1) is 20.8. The fourth-order valence-electron chi connectivity index (χ4n) is 3.55. The van der Waals surface area contributed by atoms with Crippen molar-refractivity contribution in [2.45, 2.75) is 25.2 Å². The lowest BCUT2D eigenvalue weighted by atomic mass is 9.94. The summed E-state index contributed by atoms with van der Waals surface area (Å²) >= 11 is 5.89. The minimum absolute atomic E-state index is 0.0913. The predicted octanol–water partition coefficient (Wildman–Crippen LogP) is 4.40. The molecule has 150 valence electrons. The van der Waals surface area contributed by atoms with Gasteiger partial charge in [0.2, 0.25) is 10.0 Å². The predicted molar refractivity (Wildman–Crippen MR) is 108 cm³/mol. The van der Waals surface area contributed by atoms with Gasteiger partial charge in [0.15, 0.2) is 0 Å². The number of hydrogen-bond acceptors (Lipinski definition) is 3. The molecule has 28 heavy (non-hydrogen) atoms. The largest absolute Gasteiger partial charge is 0.322 e. The monoisotopic (exact) mass is 424 g/mol. The number of piperidine rings is 1. The second-order valence-corrected chi connectivity index (χ2v) is 9.75. The number of rotatable bonds is 4. The Bertz CT molecular complexity index is 987. The van der Waals surface area contributed by atoms with E-state index in [2.05, 4.69) is 5.32 Å². The Morgan fingerprint density at radius 2 is 1.82 bits per heavy atom. The second kappa shape index (κ2) is 8.19. The SMILES string of the molecule is C[C@@H]1C[C@@H](C)CN(S(=O)(=O)c2ccc(F)c(C(=O)Nc3cccc(Cl)c3)c2)C1. The summed E-state index contributed by atoms with van der Waals surface area (Å²) in [6, 6.07) is 9.72. The number of nitrogens with one attached hydrogen (secondary N) is 1. The average Bonchev–Trinajstić information content (AvgIpc) is 2.61. The van der Waals surface area contributed by atoms with Crippen molar-refractivity contribution in [3.63, 3.8) is 0 Å². The number of carbonyl (C=O) groups excluding carboxylic acids is 1. The van der Waals surface area contributed by atoms with Crippen LogP contribution in [-0.4, -0.2) is 31.7 Å². The molecule has 5 nitrogen and oxygen atoms in total. The molecule has 0 aromatic heterocycles. The van der Waals surface area contributed by atoms with Crippen molar-refractivity contribution in [3.8, 4) is 0 Å². The van der Waals surface area contributed by atoms with Gasteiger partial charge in [0.1, 0.15) is 5.82 Å². The van der Waals surface area contributed by atoms with Crippen LogP contribution in [0.2, 0.25) is 5.02 Å². The van der Waals surface area contributed by atoms with E-state index in [0.29, 0.717) is 23.8 Å². The summed E-state index contributed by atoms with van der Waals surface area (Å²) in [4.78, 5) is 12.4. The van der Waals surface area contributed by atoms with Crippen molar-refractivity contribution in [1.29, 1.82) is 0 Å². The van der Waals surface area contributed by atoms with Gasteiger partial charge in [-0.15, -0.1) is 0 Å². The summed E-state index contributed by atoms with van der Waals surface area (Å²) in [5.41, 5.74) is 0.0583. The maximum atomic E-state index is 14.3. The fraction of sp³-hybridized carbons (Fsp3) is 0.350. The van der Waals surface area contributed by atoms with Gasteiger partial charge in [0.25, 0.3) is 5.91 Å². The van der Waals surface area contributed by atoms with E-state index >= 15 is 0 Å². The van der Waals surface area contributed by atoms with Crippen LogP contribution in [0, 0.1) is 17.7 Å². The number of halogens is 2. The summed E-state index contributed by atoms with van der Waals surface area (Å²) < 4.78 is 41.7. The molecule has 2 atom stereocenters. The highest BCUT2D eigenvalue weighted by molar-refractivity contribution is 7.89. The van der Waals surface area contributed by atoms with Gasteiger partial charge in [-0.2, -0.15) is 4.31 Å². The van der Waals surface area contributed by atoms with Crippen LogP contribution in [0.15, 0.2) is 47.4 Å². The lowest BCUT2D eigenvalue weighted by Crippen LogP contribution is -2.42. The van der Waals surface area contributed by atoms with Crippen LogP contribution >= 0.6 is 11.6 Å². The van der Waals surface area contributed by atoms with Crippen molar-refractivity contribution in [1.82, 2.24) is 4.31 Å². The summed E-state index contributed by atoms with van der Waals surface area (Å²) in [5, 5.41) is 2.96. The van der Waals surface area contributed by atoms with Gasteiger partial charge in [-0.25, -0.2) is 12.8 Å². The van der Waals surface area contributed by atoms with Crippen molar-refractivity contribution in [3.05, 3.63) is 58.9 Å². The molecule has 2 aromatic rings. The number of benzene rings is 2. The van der Waals surface area contributed by atoms with Gasteiger partial charge < -0.3 is 5.32 Å². The van der Waals surface area contributed by atoms with Gasteiger partial charge in [0, 0.05) is 23.8 Å². The van der Waals surface area contributed by atoms with E-state index < -0.39 is 21.7 Å². The number of anilines is 1. The molecule has 8 heteroatoms. The summed E-state index contributed by atoms with van der Waals surface area (Å²) in [5.74, 6) is -1.05. The van der Waals surface area contributed by atoms with E-state index in [1.165, 1.54) is 16.4 Å². The fourth-order valence-corrected chi connectivity index (χ4v) is 5.45. The van der Waals surface area contributed by atoms with Crippen LogP contribution in [-0.2, 0) is 10.0 Å². The van der Waals surface area contributed by atoms with Gasteiger partial charge in [-0.05, 0) is 54.7 Å². The molecule has 1 heterocycles. The highest BCUT2D eigenvalue weighted by Crippen LogP contribution is 2.28. The molecule has 0 bridgehead atoms. The molecule has 0 unspecified atom stereocenters. The van der Waals surface area contributed by atoms with Crippen molar-refractivity contribution >= 4 is 33.2 Å². The van der Waals surface area contributed by atoms with Crippen LogP contribution in [0.5, 0.6) is 0 Å². The Balaban J connectivity index is 1.89. The molecule has 1 N–H and O–H groups in total. The van der Waals surface area contributed by atoms with E-state index in [-0.39, 0.29) is 22.3 Å². The first-order valence-corrected chi connectivity index (χ1v) is 10.8. The zero-order valence-electron chi connectivity index (χ0n) is 15.7. The summed E-state index contributed by atoms with van der Waals surface area (Å²) in [7, 11) is -3.81. The second-order valence-electron chi connectivity index (χ2n) is 7.37. The highest BCUT2D eigenvalue weighted by atomic mass is 35.5. The molecule has 1 amide bonds. The van der Waals surface area contributed by atoms with Gasteiger partial charge in [-0.1, -0.05) is 31.5 Å². The van der Waals surface area contributed by atoms with E-state index in [9.17, 15) is 17.6 Å². The summed E-state index contributed by atoms with van der Waals surface area (Å²) in [6.07, 6.45) is 0.961. The van der Waals surface area contributed by atoms with E-state index in [4.69, 9.17) is 11.6 Å². The number of amides is 1. The Kier molecular flexibility index (Phi) is 6.07. The Hall–Kier alpha value is -1.96. The molecule has 1 saturated heterocycles. The van der Waals surface area contributed by atoms with Crippen molar-refractivity contribution in [2.24, 2.45) is 11.8 Å². The van der Waals surface area contributed by atoms with E-state index in [0.717, 1.165) is 18.6 Å². The maximum absolute atomic E-state index is 14.3. The number of nitrogens with zero attached hydrogens (tertiary/aromatic N) is 1. The molecule has 2 aromatic carbocycles. The number of sulfonamides is 1. The van der Waals surface area contributed by atoms with Crippen molar-refractivity contribution in [2.75, 3.05) is 18.4 Å². The third-order valence-electron chi connectivity index (χ3n) is 4.74.